The minimum Gasteiger partial charge on any atom is -0.460 e. The number of para-hydroxylation sites is 1. The average Bonchev–Trinajstić information content (AvgIpc) is 3.40. The quantitative estimate of drug-likeness (QED) is 0.488. The van der Waals surface area contributed by atoms with E-state index in [4.69, 9.17) is 4.42 Å². The first-order valence-corrected chi connectivity index (χ1v) is 13.8. The smallest absolute Gasteiger partial charge is 0.178 e. The lowest BCUT2D eigenvalue weighted by Gasteiger charge is -2.58. The van der Waals surface area contributed by atoms with E-state index < -0.39 is 24.0 Å². The number of hydrogen-bond acceptors (Lipinski definition) is 7. The summed E-state index contributed by atoms with van der Waals surface area (Å²) >= 11 is 0. The standard InChI is InChI=1S/C31H37NO6/c1-30-10-9-21(34)13-20(30)7-8-23-24-12-19(28(26(36)17-33)31(24,2)14-25(35)29(23)30)15-32(37)16-22-11-18-5-3-4-6-27(18)38-22/h3-6,9-11,13,19,23-25,28-29,33,35,37H,7-8,12,14-17H2,1-2H3/t19-,23-,24?,25?,28+,29?,30?,31-/m0/s1. The van der Waals surface area contributed by atoms with Crippen LogP contribution in [-0.4, -0.2) is 51.3 Å². The maximum atomic E-state index is 13.2. The molecule has 38 heavy (non-hydrogen) atoms. The number of aliphatic hydroxyl groups excluding tert-OH is 2. The monoisotopic (exact) mass is 519 g/mol. The van der Waals surface area contributed by atoms with Crippen molar-refractivity contribution in [3.8, 4) is 0 Å². The van der Waals surface area contributed by atoms with Gasteiger partial charge in [0.15, 0.2) is 11.6 Å². The van der Waals surface area contributed by atoms with Gasteiger partial charge in [0, 0.05) is 29.2 Å². The predicted molar refractivity (Wildman–Crippen MR) is 141 cm³/mol. The fourth-order valence-corrected chi connectivity index (χ4v) is 9.05. The number of carbonyl (C=O) groups is 2. The third kappa shape index (κ3) is 3.94. The first kappa shape index (κ1) is 25.7. The van der Waals surface area contributed by atoms with E-state index in [1.54, 1.807) is 12.2 Å². The Morgan fingerprint density at radius 1 is 1.24 bits per heavy atom. The Hall–Kier alpha value is -2.58. The zero-order chi connectivity index (χ0) is 26.8. The van der Waals surface area contributed by atoms with Gasteiger partial charge in [0.2, 0.25) is 0 Å². The minimum atomic E-state index is -0.624. The van der Waals surface area contributed by atoms with Crippen molar-refractivity contribution in [2.75, 3.05) is 13.2 Å². The van der Waals surface area contributed by atoms with Crippen LogP contribution in [0.2, 0.25) is 0 Å². The SMILES string of the molecule is CC12C=CC(=O)C=C1CC[C@@H]1C2C(O)C[C@@]2(C)C1C[C@@H](CN(O)Cc1cc3ccccc3o1)[C@@H]2C(=O)CO. The number of benzene rings is 1. The van der Waals surface area contributed by atoms with E-state index in [0.717, 1.165) is 35.8 Å². The van der Waals surface area contributed by atoms with E-state index in [2.05, 4.69) is 13.8 Å². The molecule has 6 rings (SSSR count). The highest BCUT2D eigenvalue weighted by atomic mass is 16.5. The number of allylic oxidation sites excluding steroid dienone is 4. The van der Waals surface area contributed by atoms with Crippen molar-refractivity contribution in [2.45, 2.75) is 52.2 Å². The van der Waals surface area contributed by atoms with Gasteiger partial charge < -0.3 is 19.8 Å². The van der Waals surface area contributed by atoms with Crippen molar-refractivity contribution in [1.29, 1.82) is 0 Å². The topological polar surface area (TPSA) is 111 Å². The van der Waals surface area contributed by atoms with Crippen molar-refractivity contribution in [3.63, 3.8) is 0 Å². The van der Waals surface area contributed by atoms with Crippen molar-refractivity contribution < 1.29 is 29.4 Å². The molecular formula is C31H37NO6. The summed E-state index contributed by atoms with van der Waals surface area (Å²) in [5.74, 6) is 0.158. The van der Waals surface area contributed by atoms with Crippen molar-refractivity contribution >= 4 is 22.5 Å². The van der Waals surface area contributed by atoms with Gasteiger partial charge in [-0.15, -0.1) is 0 Å². The molecule has 8 atom stereocenters. The number of nitrogens with zero attached hydrogens (tertiary/aromatic N) is 1. The Morgan fingerprint density at radius 3 is 2.79 bits per heavy atom. The van der Waals surface area contributed by atoms with E-state index in [0.29, 0.717) is 12.2 Å². The summed E-state index contributed by atoms with van der Waals surface area (Å²) in [6.07, 6.45) is 7.60. The normalized spacial score (nSPS) is 38.2. The lowest BCUT2D eigenvalue weighted by atomic mass is 9.46. The summed E-state index contributed by atoms with van der Waals surface area (Å²) < 4.78 is 5.89. The largest absolute Gasteiger partial charge is 0.460 e. The summed E-state index contributed by atoms with van der Waals surface area (Å²) in [6, 6.07) is 9.63. The molecule has 2 aromatic rings. The predicted octanol–water partition coefficient (Wildman–Crippen LogP) is 4.31. The molecule has 3 fully saturated rings. The van der Waals surface area contributed by atoms with Crippen LogP contribution >= 0.6 is 0 Å². The van der Waals surface area contributed by atoms with Gasteiger partial charge in [0.25, 0.3) is 0 Å². The molecule has 1 heterocycles. The third-order valence-electron chi connectivity index (χ3n) is 10.4. The number of hydrogen-bond donors (Lipinski definition) is 3. The number of fused-ring (bicyclic) bond motifs is 6. The van der Waals surface area contributed by atoms with E-state index >= 15 is 0 Å². The Balaban J connectivity index is 1.27. The maximum absolute atomic E-state index is 13.2. The second-order valence-corrected chi connectivity index (χ2v) is 12.5. The lowest BCUT2D eigenvalue weighted by Crippen LogP contribution is -2.56. The van der Waals surface area contributed by atoms with Crippen LogP contribution < -0.4 is 0 Å². The fraction of sp³-hybridized carbons (Fsp3) is 0.548. The number of carbonyl (C=O) groups excluding carboxylic acids is 2. The van der Waals surface area contributed by atoms with Crippen molar-refractivity contribution in [2.24, 2.45) is 40.4 Å². The van der Waals surface area contributed by atoms with Crippen LogP contribution in [0.4, 0.5) is 0 Å². The van der Waals surface area contributed by atoms with Crippen LogP contribution in [0.3, 0.4) is 0 Å². The maximum Gasteiger partial charge on any atom is 0.178 e. The molecule has 3 N–H and O–H groups in total. The first-order valence-electron chi connectivity index (χ1n) is 13.8. The van der Waals surface area contributed by atoms with Crippen molar-refractivity contribution in [1.82, 2.24) is 5.06 Å². The van der Waals surface area contributed by atoms with Gasteiger partial charge in [-0.1, -0.05) is 43.7 Å². The second-order valence-electron chi connectivity index (χ2n) is 12.5. The molecule has 4 aliphatic rings. The van der Waals surface area contributed by atoms with E-state index in [-0.39, 0.29) is 53.7 Å². The molecule has 7 heteroatoms. The van der Waals surface area contributed by atoms with Gasteiger partial charge in [-0.2, -0.15) is 5.06 Å². The molecule has 1 aromatic heterocycles. The number of furan rings is 1. The van der Waals surface area contributed by atoms with Gasteiger partial charge >= 0.3 is 0 Å². The van der Waals surface area contributed by atoms with E-state index in [1.165, 1.54) is 5.06 Å². The zero-order valence-electron chi connectivity index (χ0n) is 22.0. The summed E-state index contributed by atoms with van der Waals surface area (Å²) in [7, 11) is 0. The highest BCUT2D eigenvalue weighted by Crippen LogP contribution is 2.67. The molecule has 7 nitrogen and oxygen atoms in total. The number of hydroxylamine groups is 2. The Bertz CT molecular complexity index is 1290. The van der Waals surface area contributed by atoms with E-state index in [9.17, 15) is 25.0 Å². The molecular weight excluding hydrogens is 482 g/mol. The highest BCUT2D eigenvalue weighted by molar-refractivity contribution is 6.01. The Labute approximate surface area is 222 Å². The highest BCUT2D eigenvalue weighted by Gasteiger charge is 2.64. The minimum absolute atomic E-state index is 0.00749. The number of Topliss-reactive ketones (excluding diaryl/α,β-unsaturated/α-hetero) is 1. The van der Waals surface area contributed by atoms with Gasteiger partial charge in [-0.25, -0.2) is 0 Å². The van der Waals surface area contributed by atoms with Crippen LogP contribution in [0.15, 0.2) is 58.6 Å². The Morgan fingerprint density at radius 2 is 2.03 bits per heavy atom. The lowest BCUT2D eigenvalue weighted by molar-refractivity contribution is -0.146. The summed E-state index contributed by atoms with van der Waals surface area (Å²) in [6.45, 7) is 4.18. The molecule has 202 valence electrons. The average molecular weight is 520 g/mol. The Kier molecular flexibility index (Phi) is 6.26. The number of ketones is 2. The second kappa shape index (κ2) is 9.26. The summed E-state index contributed by atoms with van der Waals surface area (Å²) in [5, 5.41) is 34.7. The van der Waals surface area contributed by atoms with Crippen molar-refractivity contribution in [3.05, 3.63) is 59.9 Å². The summed E-state index contributed by atoms with van der Waals surface area (Å²) in [4.78, 5) is 25.3. The zero-order valence-corrected chi connectivity index (χ0v) is 22.0. The summed E-state index contributed by atoms with van der Waals surface area (Å²) in [5.41, 5.74) is 1.01. The molecule has 0 saturated heterocycles. The molecule has 0 bridgehead atoms. The van der Waals surface area contributed by atoms with Gasteiger partial charge in [-0.3, -0.25) is 9.59 Å². The van der Waals surface area contributed by atoms with Crippen LogP contribution in [0.25, 0.3) is 11.0 Å². The molecule has 3 saturated carbocycles. The number of aliphatic hydroxyl groups is 2. The van der Waals surface area contributed by atoms with Crippen LogP contribution in [0.5, 0.6) is 0 Å². The molecule has 4 aliphatic carbocycles. The van der Waals surface area contributed by atoms with Gasteiger partial charge in [0.05, 0.1) is 12.6 Å². The van der Waals surface area contributed by atoms with Gasteiger partial charge in [0.1, 0.15) is 18.0 Å². The first-order chi connectivity index (χ1) is 18.1. The van der Waals surface area contributed by atoms with Crippen LogP contribution in [-0.2, 0) is 16.1 Å². The molecule has 0 aliphatic heterocycles. The van der Waals surface area contributed by atoms with Gasteiger partial charge in [-0.05, 0) is 73.1 Å². The van der Waals surface area contributed by atoms with E-state index in [1.807, 2.05) is 36.4 Å². The van der Waals surface area contributed by atoms with Crippen LogP contribution in [0, 0.1) is 40.4 Å². The molecule has 0 spiro atoms. The number of rotatable bonds is 6. The molecule has 4 unspecified atom stereocenters. The third-order valence-corrected chi connectivity index (χ3v) is 10.4. The molecule has 0 amide bonds. The molecule has 1 aromatic carbocycles. The molecule has 0 radical (unpaired) electrons. The van der Waals surface area contributed by atoms with Crippen LogP contribution in [0.1, 0.15) is 45.3 Å². The fourth-order valence-electron chi connectivity index (χ4n) is 9.05.